The van der Waals surface area contributed by atoms with Crippen LogP contribution in [0, 0.1) is 17.5 Å². The fourth-order valence-corrected chi connectivity index (χ4v) is 3.90. The third kappa shape index (κ3) is 2.88. The summed E-state index contributed by atoms with van der Waals surface area (Å²) in [6, 6.07) is 0.413. The molecule has 0 amide bonds. The van der Waals surface area contributed by atoms with Crippen LogP contribution in [0.4, 0.5) is 13.2 Å². The van der Waals surface area contributed by atoms with Gasteiger partial charge in [-0.1, -0.05) is 0 Å². The largest absolute Gasteiger partial charge is 0.249 e. The van der Waals surface area contributed by atoms with Crippen LogP contribution in [-0.4, -0.2) is 31.2 Å². The van der Waals surface area contributed by atoms with Gasteiger partial charge in [0.25, 0.3) is 0 Å². The molecule has 0 unspecified atom stereocenters. The van der Waals surface area contributed by atoms with Crippen LogP contribution in [0.15, 0.2) is 17.0 Å². The summed E-state index contributed by atoms with van der Waals surface area (Å²) < 4.78 is 65.4. The zero-order valence-corrected chi connectivity index (χ0v) is 11.3. The van der Waals surface area contributed by atoms with Crippen LogP contribution in [0.25, 0.3) is 0 Å². The van der Waals surface area contributed by atoms with E-state index in [1.807, 2.05) is 0 Å². The van der Waals surface area contributed by atoms with E-state index < -0.39 is 32.4 Å². The summed E-state index contributed by atoms with van der Waals surface area (Å²) in [5.41, 5.74) is 0. The molecule has 106 valence electrons. The predicted molar refractivity (Wildman–Crippen MR) is 63.9 cm³/mol. The lowest BCUT2D eigenvalue weighted by Gasteiger charge is -2.21. The van der Waals surface area contributed by atoms with Gasteiger partial charge < -0.3 is 0 Å². The van der Waals surface area contributed by atoms with Crippen LogP contribution in [0.2, 0.25) is 0 Å². The Bertz CT molecular complexity index is 567. The summed E-state index contributed by atoms with van der Waals surface area (Å²) in [5.74, 6) is -4.01. The first-order valence-electron chi connectivity index (χ1n) is 5.60. The highest BCUT2D eigenvalue weighted by Gasteiger charge is 2.40. The third-order valence-corrected chi connectivity index (χ3v) is 4.96. The van der Waals surface area contributed by atoms with Gasteiger partial charge in [-0.2, -0.15) is 4.31 Å². The number of alkyl halides is 1. The van der Waals surface area contributed by atoms with E-state index >= 15 is 0 Å². The molecule has 0 N–H and O–H groups in total. The SMILES string of the molecule is O=S(=O)(c1c(F)cc(F)cc1F)N(CCCl)C1CC1. The van der Waals surface area contributed by atoms with Gasteiger partial charge in [0.05, 0.1) is 0 Å². The molecule has 0 saturated heterocycles. The molecule has 1 fully saturated rings. The van der Waals surface area contributed by atoms with Crippen LogP contribution >= 0.6 is 11.6 Å². The molecule has 0 aromatic heterocycles. The molecule has 0 atom stereocenters. The number of halogens is 4. The summed E-state index contributed by atoms with van der Waals surface area (Å²) in [7, 11) is -4.35. The van der Waals surface area contributed by atoms with Crippen molar-refractivity contribution in [2.75, 3.05) is 12.4 Å². The number of nitrogens with zero attached hydrogens (tertiary/aromatic N) is 1. The van der Waals surface area contributed by atoms with E-state index in [0.717, 1.165) is 4.31 Å². The van der Waals surface area contributed by atoms with Crippen molar-refractivity contribution in [1.29, 1.82) is 0 Å². The Kier molecular flexibility index (Phi) is 4.08. The summed E-state index contributed by atoms with van der Waals surface area (Å²) in [6.07, 6.45) is 1.25. The molecular weight excluding hydrogens is 303 g/mol. The van der Waals surface area contributed by atoms with Crippen LogP contribution in [-0.2, 0) is 10.0 Å². The fourth-order valence-electron chi connectivity index (χ4n) is 1.84. The van der Waals surface area contributed by atoms with E-state index in [2.05, 4.69) is 0 Å². The summed E-state index contributed by atoms with van der Waals surface area (Å²) >= 11 is 5.51. The molecular formula is C11H11ClF3NO2S. The van der Waals surface area contributed by atoms with Crippen molar-refractivity contribution in [1.82, 2.24) is 4.31 Å². The normalized spacial score (nSPS) is 16.1. The Hall–Kier alpha value is -0.790. The van der Waals surface area contributed by atoms with Gasteiger partial charge in [-0.3, -0.25) is 0 Å². The smallest absolute Gasteiger partial charge is 0.207 e. The van der Waals surface area contributed by atoms with Crippen molar-refractivity contribution in [2.45, 2.75) is 23.8 Å². The highest BCUT2D eigenvalue weighted by Crippen LogP contribution is 2.33. The molecule has 0 heterocycles. The molecule has 0 aliphatic heterocycles. The minimum Gasteiger partial charge on any atom is -0.207 e. The average molecular weight is 314 g/mol. The third-order valence-electron chi connectivity index (χ3n) is 2.79. The number of hydrogen-bond donors (Lipinski definition) is 0. The quantitative estimate of drug-likeness (QED) is 0.783. The Morgan fingerprint density at radius 1 is 1.21 bits per heavy atom. The number of rotatable bonds is 5. The van der Waals surface area contributed by atoms with E-state index in [9.17, 15) is 21.6 Å². The van der Waals surface area contributed by atoms with E-state index in [1.165, 1.54) is 0 Å². The number of sulfonamides is 1. The van der Waals surface area contributed by atoms with Gasteiger partial charge in [0.15, 0.2) is 4.90 Å². The molecule has 1 aliphatic carbocycles. The highest BCUT2D eigenvalue weighted by atomic mass is 35.5. The average Bonchev–Trinajstić information content (AvgIpc) is 3.07. The molecule has 3 nitrogen and oxygen atoms in total. The minimum atomic E-state index is -4.35. The van der Waals surface area contributed by atoms with Gasteiger partial charge in [-0.25, -0.2) is 21.6 Å². The lowest BCUT2D eigenvalue weighted by atomic mass is 10.3. The lowest BCUT2D eigenvalue weighted by molar-refractivity contribution is 0.410. The van der Waals surface area contributed by atoms with Gasteiger partial charge in [0.1, 0.15) is 17.5 Å². The Balaban J connectivity index is 2.49. The van der Waals surface area contributed by atoms with E-state index in [4.69, 9.17) is 11.6 Å². The minimum absolute atomic E-state index is 0.0141. The molecule has 19 heavy (non-hydrogen) atoms. The standard InChI is InChI=1S/C11H11ClF3NO2S/c12-3-4-16(8-1-2-8)19(17,18)11-9(14)5-7(13)6-10(11)15/h5-6,8H,1-4H2. The summed E-state index contributed by atoms with van der Waals surface area (Å²) in [5, 5.41) is 0. The van der Waals surface area contributed by atoms with Crippen LogP contribution < -0.4 is 0 Å². The first-order chi connectivity index (χ1) is 8.87. The Morgan fingerprint density at radius 2 is 1.74 bits per heavy atom. The second kappa shape index (κ2) is 5.30. The second-order valence-corrected chi connectivity index (χ2v) is 6.44. The van der Waals surface area contributed by atoms with Crippen LogP contribution in [0.1, 0.15) is 12.8 Å². The molecule has 1 saturated carbocycles. The monoisotopic (exact) mass is 313 g/mol. The molecule has 8 heteroatoms. The first-order valence-corrected chi connectivity index (χ1v) is 7.57. The maximum atomic E-state index is 13.6. The van der Waals surface area contributed by atoms with Crippen molar-refractivity contribution < 1.29 is 21.6 Å². The van der Waals surface area contributed by atoms with Gasteiger partial charge in [0.2, 0.25) is 10.0 Å². The van der Waals surface area contributed by atoms with Crippen molar-refractivity contribution >= 4 is 21.6 Å². The number of hydrogen-bond acceptors (Lipinski definition) is 2. The zero-order chi connectivity index (χ0) is 14.2. The molecule has 0 bridgehead atoms. The Morgan fingerprint density at radius 3 is 2.16 bits per heavy atom. The number of benzene rings is 1. The Labute approximate surface area is 114 Å². The molecule has 0 spiro atoms. The van der Waals surface area contributed by atoms with Crippen molar-refractivity contribution in [3.63, 3.8) is 0 Å². The maximum Gasteiger partial charge on any atom is 0.249 e. The first kappa shape index (κ1) is 14.6. The van der Waals surface area contributed by atoms with Gasteiger partial charge >= 0.3 is 0 Å². The van der Waals surface area contributed by atoms with Gasteiger partial charge in [0, 0.05) is 30.6 Å². The topological polar surface area (TPSA) is 37.4 Å². The summed E-state index contributed by atoms with van der Waals surface area (Å²) in [4.78, 5) is -1.12. The fraction of sp³-hybridized carbons (Fsp3) is 0.455. The predicted octanol–water partition coefficient (Wildman–Crippen LogP) is 2.50. The lowest BCUT2D eigenvalue weighted by Crippen LogP contribution is -2.35. The maximum absolute atomic E-state index is 13.6. The van der Waals surface area contributed by atoms with Gasteiger partial charge in [-0.15, -0.1) is 11.6 Å². The van der Waals surface area contributed by atoms with Crippen molar-refractivity contribution in [3.8, 4) is 0 Å². The van der Waals surface area contributed by atoms with Crippen molar-refractivity contribution in [2.24, 2.45) is 0 Å². The molecule has 1 aliphatic rings. The van der Waals surface area contributed by atoms with Crippen LogP contribution in [0.3, 0.4) is 0 Å². The van der Waals surface area contributed by atoms with Gasteiger partial charge in [-0.05, 0) is 12.8 Å². The van der Waals surface area contributed by atoms with E-state index in [1.54, 1.807) is 0 Å². The molecule has 1 aromatic rings. The summed E-state index contributed by atoms with van der Waals surface area (Å²) in [6.45, 7) is -0.0369. The van der Waals surface area contributed by atoms with E-state index in [-0.39, 0.29) is 18.5 Å². The van der Waals surface area contributed by atoms with Crippen molar-refractivity contribution in [3.05, 3.63) is 29.6 Å². The molecule has 0 radical (unpaired) electrons. The second-order valence-electron chi connectivity index (χ2n) is 4.23. The molecule has 2 rings (SSSR count). The van der Waals surface area contributed by atoms with Crippen LogP contribution in [0.5, 0.6) is 0 Å². The molecule has 1 aromatic carbocycles. The zero-order valence-electron chi connectivity index (χ0n) is 9.74. The highest BCUT2D eigenvalue weighted by molar-refractivity contribution is 7.89. The van der Waals surface area contributed by atoms with E-state index in [0.29, 0.717) is 25.0 Å².